The first-order valence-electron chi connectivity index (χ1n) is 7.68. The number of rotatable bonds is 6. The minimum absolute atomic E-state index is 0.0715. The fourth-order valence-electron chi connectivity index (χ4n) is 2.62. The summed E-state index contributed by atoms with van der Waals surface area (Å²) in [7, 11) is -3.75. The van der Waals surface area contributed by atoms with Crippen LogP contribution in [-0.2, 0) is 21.3 Å². The van der Waals surface area contributed by atoms with E-state index in [4.69, 9.17) is 4.74 Å². The molecule has 0 unspecified atom stereocenters. The van der Waals surface area contributed by atoms with E-state index in [1.807, 2.05) is 6.92 Å². The third kappa shape index (κ3) is 3.03. The number of carbonyl (C=O) groups is 1. The number of esters is 1. The molecule has 8 heteroatoms. The van der Waals surface area contributed by atoms with Gasteiger partial charge in [-0.2, -0.15) is 9.40 Å². The van der Waals surface area contributed by atoms with Crippen molar-refractivity contribution in [3.05, 3.63) is 11.3 Å². The van der Waals surface area contributed by atoms with Crippen LogP contribution in [-0.4, -0.2) is 48.2 Å². The number of aromatic nitrogens is 2. The summed E-state index contributed by atoms with van der Waals surface area (Å²) in [5.74, 6) is -0.625. The molecule has 1 aromatic heterocycles. The Morgan fingerprint density at radius 3 is 2.45 bits per heavy atom. The number of hydrogen-bond donors (Lipinski definition) is 0. The van der Waals surface area contributed by atoms with Crippen molar-refractivity contribution in [2.45, 2.75) is 51.6 Å². The normalized spacial score (nSPS) is 16.1. The molecule has 124 valence electrons. The quantitative estimate of drug-likeness (QED) is 0.740. The summed E-state index contributed by atoms with van der Waals surface area (Å²) < 4.78 is 33.6. The average molecular weight is 329 g/mol. The third-order valence-corrected chi connectivity index (χ3v) is 5.56. The molecule has 0 radical (unpaired) electrons. The first-order valence-corrected chi connectivity index (χ1v) is 9.12. The molecule has 0 amide bonds. The van der Waals surface area contributed by atoms with Crippen molar-refractivity contribution in [3.63, 3.8) is 0 Å². The molecule has 1 fully saturated rings. The van der Waals surface area contributed by atoms with Crippen LogP contribution in [0.1, 0.15) is 49.2 Å². The number of ether oxygens (including phenoxy) is 1. The molecule has 0 spiro atoms. The molecule has 0 saturated carbocycles. The van der Waals surface area contributed by atoms with Gasteiger partial charge in [0.15, 0.2) is 0 Å². The van der Waals surface area contributed by atoms with Gasteiger partial charge in [0, 0.05) is 19.6 Å². The highest BCUT2D eigenvalue weighted by Gasteiger charge is 2.36. The van der Waals surface area contributed by atoms with Crippen molar-refractivity contribution in [1.29, 1.82) is 0 Å². The maximum Gasteiger partial charge on any atom is 0.343 e. The van der Waals surface area contributed by atoms with Gasteiger partial charge >= 0.3 is 5.97 Å². The molecule has 1 aromatic rings. The largest absolute Gasteiger partial charge is 0.462 e. The van der Waals surface area contributed by atoms with Gasteiger partial charge in [0.2, 0.25) is 5.03 Å². The lowest BCUT2D eigenvalue weighted by Gasteiger charge is -2.14. The van der Waals surface area contributed by atoms with Gasteiger partial charge in [-0.15, -0.1) is 0 Å². The van der Waals surface area contributed by atoms with Crippen molar-refractivity contribution in [2.24, 2.45) is 0 Å². The van der Waals surface area contributed by atoms with Gasteiger partial charge in [-0.05, 0) is 33.1 Å². The predicted molar refractivity (Wildman–Crippen MR) is 81.2 cm³/mol. The van der Waals surface area contributed by atoms with Gasteiger partial charge in [-0.25, -0.2) is 13.2 Å². The summed E-state index contributed by atoms with van der Waals surface area (Å²) in [6, 6.07) is 0. The van der Waals surface area contributed by atoms with Gasteiger partial charge < -0.3 is 4.74 Å². The van der Waals surface area contributed by atoms with E-state index in [0.717, 1.165) is 19.3 Å². The number of carbonyl (C=O) groups excluding carboxylic acids is 1. The molecule has 22 heavy (non-hydrogen) atoms. The Morgan fingerprint density at radius 1 is 1.27 bits per heavy atom. The average Bonchev–Trinajstić information content (AvgIpc) is 3.09. The molecule has 2 heterocycles. The van der Waals surface area contributed by atoms with Crippen LogP contribution in [0.25, 0.3) is 0 Å². The highest BCUT2D eigenvalue weighted by molar-refractivity contribution is 7.89. The maximum absolute atomic E-state index is 12.8. The highest BCUT2D eigenvalue weighted by Crippen LogP contribution is 2.26. The second-order valence-electron chi connectivity index (χ2n) is 5.32. The van der Waals surface area contributed by atoms with Crippen LogP contribution in [0.3, 0.4) is 0 Å². The zero-order valence-corrected chi connectivity index (χ0v) is 14.1. The number of aryl methyl sites for hydroxylation is 1. The molecule has 1 aliphatic rings. The molecule has 2 rings (SSSR count). The lowest BCUT2D eigenvalue weighted by atomic mass is 10.2. The van der Waals surface area contributed by atoms with Gasteiger partial charge in [-0.3, -0.25) is 4.68 Å². The standard InChI is InChI=1S/C14H23N3O4S/c1-4-8-17-11(3)12(14(18)21-5-2)13(15-17)22(19,20)16-9-6-7-10-16/h4-10H2,1-3H3. The van der Waals surface area contributed by atoms with Crippen LogP contribution in [0.5, 0.6) is 0 Å². The summed E-state index contributed by atoms with van der Waals surface area (Å²) in [6.07, 6.45) is 2.47. The molecular weight excluding hydrogens is 306 g/mol. The summed E-state index contributed by atoms with van der Waals surface area (Å²) in [5.41, 5.74) is 0.611. The number of nitrogens with zero attached hydrogens (tertiary/aromatic N) is 3. The van der Waals surface area contributed by atoms with E-state index in [2.05, 4.69) is 5.10 Å². The van der Waals surface area contributed by atoms with Crippen molar-refractivity contribution < 1.29 is 17.9 Å². The summed E-state index contributed by atoms with van der Waals surface area (Å²) in [6.45, 7) is 7.08. The van der Waals surface area contributed by atoms with E-state index in [0.29, 0.717) is 25.3 Å². The molecule has 1 saturated heterocycles. The minimum Gasteiger partial charge on any atom is -0.462 e. The maximum atomic E-state index is 12.8. The monoisotopic (exact) mass is 329 g/mol. The van der Waals surface area contributed by atoms with Crippen molar-refractivity contribution in [3.8, 4) is 0 Å². The van der Waals surface area contributed by atoms with Gasteiger partial charge in [0.25, 0.3) is 10.0 Å². The smallest absolute Gasteiger partial charge is 0.343 e. The minimum atomic E-state index is -3.75. The van der Waals surface area contributed by atoms with E-state index >= 15 is 0 Å². The van der Waals surface area contributed by atoms with E-state index in [9.17, 15) is 13.2 Å². The molecule has 0 aliphatic carbocycles. The second-order valence-corrected chi connectivity index (χ2v) is 7.17. The zero-order valence-electron chi connectivity index (χ0n) is 13.3. The SMILES string of the molecule is CCCn1nc(S(=O)(=O)N2CCCC2)c(C(=O)OCC)c1C. The van der Waals surface area contributed by atoms with Crippen LogP contribution in [0.4, 0.5) is 0 Å². The van der Waals surface area contributed by atoms with E-state index in [-0.39, 0.29) is 17.2 Å². The Balaban J connectivity index is 2.53. The molecule has 0 atom stereocenters. The van der Waals surface area contributed by atoms with Gasteiger partial charge in [-0.1, -0.05) is 6.92 Å². The Morgan fingerprint density at radius 2 is 1.91 bits per heavy atom. The van der Waals surface area contributed by atoms with Gasteiger partial charge in [0.1, 0.15) is 5.56 Å². The zero-order chi connectivity index (χ0) is 16.3. The first-order chi connectivity index (χ1) is 10.4. The molecule has 0 bridgehead atoms. The van der Waals surface area contributed by atoms with E-state index < -0.39 is 16.0 Å². The topological polar surface area (TPSA) is 81.5 Å². The molecule has 1 aliphatic heterocycles. The third-order valence-electron chi connectivity index (χ3n) is 3.74. The van der Waals surface area contributed by atoms with E-state index in [1.165, 1.54) is 4.31 Å². The molecular formula is C14H23N3O4S. The Labute approximate surface area is 131 Å². The summed E-state index contributed by atoms with van der Waals surface area (Å²) in [5, 5.41) is 4.04. The predicted octanol–water partition coefficient (Wildman–Crippen LogP) is 1.56. The molecule has 0 N–H and O–H groups in total. The number of hydrogen-bond acceptors (Lipinski definition) is 5. The van der Waals surface area contributed by atoms with Crippen molar-refractivity contribution >= 4 is 16.0 Å². The Bertz CT molecular complexity index is 645. The molecule has 7 nitrogen and oxygen atoms in total. The lowest BCUT2D eigenvalue weighted by Crippen LogP contribution is -2.29. The van der Waals surface area contributed by atoms with Crippen molar-refractivity contribution in [2.75, 3.05) is 19.7 Å². The van der Waals surface area contributed by atoms with Crippen LogP contribution in [0.2, 0.25) is 0 Å². The second kappa shape index (κ2) is 6.78. The molecule has 0 aromatic carbocycles. The van der Waals surface area contributed by atoms with Crippen LogP contribution in [0, 0.1) is 6.92 Å². The van der Waals surface area contributed by atoms with E-state index in [1.54, 1.807) is 18.5 Å². The Hall–Kier alpha value is -1.41. The van der Waals surface area contributed by atoms with Crippen LogP contribution in [0.15, 0.2) is 5.03 Å². The van der Waals surface area contributed by atoms with Crippen LogP contribution < -0.4 is 0 Å². The number of sulfonamides is 1. The van der Waals surface area contributed by atoms with Gasteiger partial charge in [0.05, 0.1) is 12.3 Å². The summed E-state index contributed by atoms with van der Waals surface area (Å²) >= 11 is 0. The Kier molecular flexibility index (Phi) is 5.23. The fourth-order valence-corrected chi connectivity index (χ4v) is 4.29. The van der Waals surface area contributed by atoms with Crippen molar-refractivity contribution in [1.82, 2.24) is 14.1 Å². The fraction of sp³-hybridized carbons (Fsp3) is 0.714. The summed E-state index contributed by atoms with van der Waals surface area (Å²) in [4.78, 5) is 12.2. The lowest BCUT2D eigenvalue weighted by molar-refractivity contribution is 0.0520. The van der Waals surface area contributed by atoms with Crippen LogP contribution >= 0.6 is 0 Å². The highest BCUT2D eigenvalue weighted by atomic mass is 32.2. The first kappa shape index (κ1) is 17.0.